The molecule has 0 saturated heterocycles. The second-order valence-electron chi connectivity index (χ2n) is 7.87. The molecular weight excluding hydrogens is 517 g/mol. The van der Waals surface area contributed by atoms with Crippen molar-refractivity contribution in [3.05, 3.63) is 93.5 Å². The van der Waals surface area contributed by atoms with Crippen molar-refractivity contribution in [3.63, 3.8) is 0 Å². The fourth-order valence-corrected chi connectivity index (χ4v) is 4.36. The minimum absolute atomic E-state index is 0.0329. The van der Waals surface area contributed by atoms with E-state index >= 15 is 0 Å². The molecule has 0 aliphatic carbocycles. The summed E-state index contributed by atoms with van der Waals surface area (Å²) in [5.41, 5.74) is 2.55. The number of aliphatic hydroxyl groups is 1. The highest BCUT2D eigenvalue weighted by molar-refractivity contribution is 6.35. The topological polar surface area (TPSA) is 94.1 Å². The van der Waals surface area contributed by atoms with E-state index in [1.165, 1.54) is 14.2 Å². The molecule has 2 N–H and O–H groups in total. The van der Waals surface area contributed by atoms with Gasteiger partial charge in [-0.3, -0.25) is 4.79 Å². The monoisotopic (exact) mass is 543 g/mol. The number of benzene rings is 3. The van der Waals surface area contributed by atoms with Crippen LogP contribution in [0.1, 0.15) is 29.7 Å². The Bertz CT molecular complexity index is 1320. The Balaban J connectivity index is 2.05. The molecular formula is C28H27Cl2NO6. The van der Waals surface area contributed by atoms with Gasteiger partial charge in [-0.05, 0) is 42.3 Å². The first kappa shape index (κ1) is 28.1. The molecule has 0 spiro atoms. The fourth-order valence-electron chi connectivity index (χ4n) is 3.85. The van der Waals surface area contributed by atoms with Crippen molar-refractivity contribution in [1.29, 1.82) is 0 Å². The number of carbonyl (C=O) groups is 2. The molecule has 0 aliphatic heterocycles. The first-order valence-corrected chi connectivity index (χ1v) is 12.1. The molecule has 0 saturated carbocycles. The number of ether oxygens (including phenoxy) is 3. The fraction of sp³-hybridized carbons (Fsp3) is 0.214. The number of aliphatic hydroxyl groups excluding tert-OH is 1. The number of hydrogen-bond acceptors (Lipinski definition) is 6. The van der Waals surface area contributed by atoms with Gasteiger partial charge in [0.1, 0.15) is 23.2 Å². The van der Waals surface area contributed by atoms with Crippen LogP contribution >= 0.6 is 23.2 Å². The van der Waals surface area contributed by atoms with Crippen molar-refractivity contribution in [2.45, 2.75) is 19.6 Å². The lowest BCUT2D eigenvalue weighted by molar-refractivity contribution is -0.140. The molecule has 0 radical (unpaired) electrons. The third-order valence-electron chi connectivity index (χ3n) is 5.64. The lowest BCUT2D eigenvalue weighted by Crippen LogP contribution is -2.28. The average molecular weight is 544 g/mol. The number of amides is 1. The Hall–Kier alpha value is -3.52. The molecule has 9 heteroatoms. The maximum absolute atomic E-state index is 12.4. The highest BCUT2D eigenvalue weighted by Crippen LogP contribution is 2.45. The standard InChI is InChI=1S/C28H27Cl2NO6/c1-5-37-28(34)16(2)27(33)31-15-17-10-13-23(35-3)24(26(17)36-4)19-8-6-7-9-20(19)25(32)21-12-11-18(29)14-22(21)30/h6-14,25,32H,2,5,15H2,1,3-4H3,(H,31,33). The summed E-state index contributed by atoms with van der Waals surface area (Å²) in [4.78, 5) is 24.3. The highest BCUT2D eigenvalue weighted by Gasteiger charge is 2.24. The number of nitrogens with one attached hydrogen (secondary N) is 1. The summed E-state index contributed by atoms with van der Waals surface area (Å²) in [6, 6.07) is 15.6. The molecule has 0 aliphatic rings. The third kappa shape index (κ3) is 6.25. The molecule has 3 aromatic rings. The van der Waals surface area contributed by atoms with E-state index < -0.39 is 18.0 Å². The molecule has 194 valence electrons. The van der Waals surface area contributed by atoms with Crippen molar-refractivity contribution < 1.29 is 28.9 Å². The minimum atomic E-state index is -1.08. The van der Waals surface area contributed by atoms with E-state index in [2.05, 4.69) is 11.9 Å². The van der Waals surface area contributed by atoms with Crippen LogP contribution in [0.15, 0.2) is 66.7 Å². The first-order valence-electron chi connectivity index (χ1n) is 11.3. The number of rotatable bonds is 10. The number of halogens is 2. The van der Waals surface area contributed by atoms with E-state index in [-0.39, 0.29) is 18.7 Å². The van der Waals surface area contributed by atoms with Gasteiger partial charge in [0.25, 0.3) is 5.91 Å². The number of esters is 1. The number of methoxy groups -OCH3 is 2. The van der Waals surface area contributed by atoms with Crippen molar-refractivity contribution >= 4 is 35.1 Å². The molecule has 3 aromatic carbocycles. The van der Waals surface area contributed by atoms with Gasteiger partial charge < -0.3 is 24.6 Å². The van der Waals surface area contributed by atoms with Gasteiger partial charge >= 0.3 is 5.97 Å². The van der Waals surface area contributed by atoms with Crippen LogP contribution in [0.2, 0.25) is 10.0 Å². The summed E-state index contributed by atoms with van der Waals surface area (Å²) < 4.78 is 16.2. The molecule has 0 aromatic heterocycles. The Morgan fingerprint density at radius 2 is 1.76 bits per heavy atom. The zero-order valence-electron chi connectivity index (χ0n) is 20.6. The molecule has 0 bridgehead atoms. The van der Waals surface area contributed by atoms with Gasteiger partial charge in [0.2, 0.25) is 0 Å². The van der Waals surface area contributed by atoms with E-state index in [0.717, 1.165) is 0 Å². The Labute approximate surface area is 225 Å². The van der Waals surface area contributed by atoms with E-state index in [0.29, 0.717) is 49.4 Å². The van der Waals surface area contributed by atoms with Crippen LogP contribution in [-0.4, -0.2) is 37.8 Å². The van der Waals surface area contributed by atoms with Crippen molar-refractivity contribution in [2.24, 2.45) is 0 Å². The van der Waals surface area contributed by atoms with Crippen molar-refractivity contribution in [3.8, 4) is 22.6 Å². The zero-order valence-corrected chi connectivity index (χ0v) is 22.2. The van der Waals surface area contributed by atoms with Crippen molar-refractivity contribution in [1.82, 2.24) is 5.32 Å². The molecule has 1 atom stereocenters. The van der Waals surface area contributed by atoms with E-state index in [1.807, 2.05) is 12.1 Å². The average Bonchev–Trinajstić information content (AvgIpc) is 2.90. The van der Waals surface area contributed by atoms with Crippen LogP contribution in [0, 0.1) is 0 Å². The largest absolute Gasteiger partial charge is 0.496 e. The maximum Gasteiger partial charge on any atom is 0.343 e. The predicted octanol–water partition coefficient (Wildman–Crippen LogP) is 5.49. The Morgan fingerprint density at radius 3 is 2.41 bits per heavy atom. The van der Waals surface area contributed by atoms with Crippen LogP contribution in [0.3, 0.4) is 0 Å². The second kappa shape index (κ2) is 12.6. The lowest BCUT2D eigenvalue weighted by atomic mass is 9.90. The molecule has 1 amide bonds. The predicted molar refractivity (Wildman–Crippen MR) is 143 cm³/mol. The Morgan fingerprint density at radius 1 is 1.03 bits per heavy atom. The molecule has 3 rings (SSSR count). The van der Waals surface area contributed by atoms with Crippen LogP contribution in [0.4, 0.5) is 0 Å². The highest BCUT2D eigenvalue weighted by atomic mass is 35.5. The summed E-state index contributed by atoms with van der Waals surface area (Å²) in [5.74, 6) is -0.537. The van der Waals surface area contributed by atoms with Gasteiger partial charge in [-0.15, -0.1) is 0 Å². The van der Waals surface area contributed by atoms with Crippen LogP contribution in [0.5, 0.6) is 11.5 Å². The van der Waals surface area contributed by atoms with Crippen LogP contribution in [-0.2, 0) is 20.9 Å². The number of hydrogen-bond donors (Lipinski definition) is 2. The maximum atomic E-state index is 12.4. The van der Waals surface area contributed by atoms with E-state index in [1.54, 1.807) is 49.4 Å². The second-order valence-corrected chi connectivity index (χ2v) is 8.72. The van der Waals surface area contributed by atoms with Gasteiger partial charge in [-0.25, -0.2) is 4.79 Å². The van der Waals surface area contributed by atoms with Gasteiger partial charge in [-0.2, -0.15) is 0 Å². The molecule has 7 nitrogen and oxygen atoms in total. The van der Waals surface area contributed by atoms with Gasteiger partial charge in [0.05, 0.1) is 26.4 Å². The SMILES string of the molecule is C=C(C(=O)NCc1ccc(OC)c(-c2ccccc2C(O)c2ccc(Cl)cc2Cl)c1OC)C(=O)OCC. The van der Waals surface area contributed by atoms with E-state index in [9.17, 15) is 14.7 Å². The molecule has 37 heavy (non-hydrogen) atoms. The summed E-state index contributed by atoms with van der Waals surface area (Å²) in [6.07, 6.45) is -1.08. The lowest BCUT2D eigenvalue weighted by Gasteiger charge is -2.22. The van der Waals surface area contributed by atoms with Crippen LogP contribution in [0.25, 0.3) is 11.1 Å². The van der Waals surface area contributed by atoms with E-state index in [4.69, 9.17) is 37.4 Å². The first-order chi connectivity index (χ1) is 17.7. The van der Waals surface area contributed by atoms with Gasteiger partial charge in [0, 0.05) is 27.7 Å². The summed E-state index contributed by atoms with van der Waals surface area (Å²) in [6.45, 7) is 5.31. The molecule has 1 unspecified atom stereocenters. The Kier molecular flexibility index (Phi) is 9.58. The minimum Gasteiger partial charge on any atom is -0.496 e. The zero-order chi connectivity index (χ0) is 27.1. The summed E-state index contributed by atoms with van der Waals surface area (Å²) in [5, 5.41) is 14.8. The number of carbonyl (C=O) groups excluding carboxylic acids is 2. The quantitative estimate of drug-likeness (QED) is 0.152. The van der Waals surface area contributed by atoms with Gasteiger partial charge in [-0.1, -0.05) is 60.1 Å². The third-order valence-corrected chi connectivity index (χ3v) is 6.20. The normalized spacial score (nSPS) is 11.4. The molecule has 0 fully saturated rings. The van der Waals surface area contributed by atoms with Crippen LogP contribution < -0.4 is 14.8 Å². The summed E-state index contributed by atoms with van der Waals surface area (Å²) >= 11 is 12.4. The molecule has 0 heterocycles. The van der Waals surface area contributed by atoms with Crippen molar-refractivity contribution in [2.75, 3.05) is 20.8 Å². The smallest absolute Gasteiger partial charge is 0.343 e. The van der Waals surface area contributed by atoms with Gasteiger partial charge in [0.15, 0.2) is 0 Å². The summed E-state index contributed by atoms with van der Waals surface area (Å²) in [7, 11) is 3.02.